The number of allylic oxidation sites excluding steroid dienone is 1. The van der Waals surface area contributed by atoms with Crippen LogP contribution in [0.5, 0.6) is 0 Å². The van der Waals surface area contributed by atoms with Crippen LogP contribution in [-0.2, 0) is 0 Å². The van der Waals surface area contributed by atoms with Gasteiger partial charge in [0.2, 0.25) is 0 Å². The lowest BCUT2D eigenvalue weighted by molar-refractivity contribution is 0.170. The lowest BCUT2D eigenvalue weighted by Gasteiger charge is -2.33. The zero-order valence-corrected chi connectivity index (χ0v) is 9.47. The van der Waals surface area contributed by atoms with Crippen LogP contribution in [0.2, 0.25) is 0 Å². The smallest absolute Gasteiger partial charge is 0.0192 e. The van der Waals surface area contributed by atoms with Gasteiger partial charge in [0, 0.05) is 25.7 Å². The van der Waals surface area contributed by atoms with E-state index < -0.39 is 0 Å². The highest BCUT2D eigenvalue weighted by Gasteiger charge is 2.16. The maximum absolute atomic E-state index is 3.74. The van der Waals surface area contributed by atoms with E-state index in [1.165, 1.54) is 38.8 Å². The summed E-state index contributed by atoms with van der Waals surface area (Å²) in [7, 11) is 0. The molecule has 0 aliphatic carbocycles. The Labute approximate surface area is 88.4 Å². The molecule has 0 radical (unpaired) electrons. The Hall–Kier alpha value is -0.340. The first-order valence-electron chi connectivity index (χ1n) is 5.90. The third-order valence-electron chi connectivity index (χ3n) is 2.99. The molecule has 0 aromatic heterocycles. The first-order chi connectivity index (χ1) is 6.84. The van der Waals surface area contributed by atoms with E-state index in [2.05, 4.69) is 23.7 Å². The van der Waals surface area contributed by atoms with Gasteiger partial charge >= 0.3 is 0 Å². The molecule has 0 bridgehead atoms. The Balaban J connectivity index is 2.01. The van der Waals surface area contributed by atoms with Crippen molar-refractivity contribution in [2.75, 3.05) is 26.2 Å². The molecule has 1 aliphatic rings. The minimum absolute atomic E-state index is 0.725. The minimum atomic E-state index is 0.725. The van der Waals surface area contributed by atoms with Gasteiger partial charge in [0.1, 0.15) is 0 Å². The van der Waals surface area contributed by atoms with Crippen molar-refractivity contribution in [3.8, 4) is 0 Å². The summed E-state index contributed by atoms with van der Waals surface area (Å²) in [6.45, 7) is 10.9. The van der Waals surface area contributed by atoms with Crippen LogP contribution in [0.4, 0.5) is 0 Å². The van der Waals surface area contributed by atoms with E-state index in [9.17, 15) is 0 Å². The molecule has 1 atom stereocenters. The molecule has 1 saturated heterocycles. The highest BCUT2D eigenvalue weighted by Crippen LogP contribution is 2.06. The molecule has 2 heteroatoms. The van der Waals surface area contributed by atoms with Gasteiger partial charge in [-0.1, -0.05) is 12.5 Å². The number of rotatable bonds is 6. The van der Waals surface area contributed by atoms with Gasteiger partial charge in [0.15, 0.2) is 0 Å². The summed E-state index contributed by atoms with van der Waals surface area (Å²) >= 11 is 0. The lowest BCUT2D eigenvalue weighted by Crippen LogP contribution is -2.49. The quantitative estimate of drug-likeness (QED) is 0.516. The number of hydrogen-bond acceptors (Lipinski definition) is 2. The number of nitrogens with one attached hydrogen (secondary N) is 1. The summed E-state index contributed by atoms with van der Waals surface area (Å²) in [5.74, 6) is 0. The fraction of sp³-hybridized carbons (Fsp3) is 0.833. The molecule has 1 unspecified atom stereocenters. The van der Waals surface area contributed by atoms with Gasteiger partial charge in [0.25, 0.3) is 0 Å². The molecule has 1 aliphatic heterocycles. The topological polar surface area (TPSA) is 15.3 Å². The Kier molecular flexibility index (Phi) is 5.88. The summed E-state index contributed by atoms with van der Waals surface area (Å²) in [5, 5.41) is 3.42. The highest BCUT2D eigenvalue weighted by molar-refractivity contribution is 4.75. The third kappa shape index (κ3) is 4.25. The Morgan fingerprint density at radius 2 is 2.29 bits per heavy atom. The van der Waals surface area contributed by atoms with Gasteiger partial charge in [-0.05, 0) is 32.7 Å². The first kappa shape index (κ1) is 11.7. The average Bonchev–Trinajstić information content (AvgIpc) is 2.20. The number of unbranched alkanes of at least 4 members (excludes halogenated alkanes) is 3. The number of nitrogens with zero attached hydrogens (tertiary/aromatic N) is 1. The van der Waals surface area contributed by atoms with Gasteiger partial charge in [-0.3, -0.25) is 4.90 Å². The van der Waals surface area contributed by atoms with Crippen molar-refractivity contribution in [1.82, 2.24) is 10.2 Å². The van der Waals surface area contributed by atoms with Crippen molar-refractivity contribution in [3.05, 3.63) is 12.7 Å². The van der Waals surface area contributed by atoms with Gasteiger partial charge in [-0.2, -0.15) is 0 Å². The summed E-state index contributed by atoms with van der Waals surface area (Å²) in [6, 6.07) is 0.725. The van der Waals surface area contributed by atoms with Crippen molar-refractivity contribution >= 4 is 0 Å². The van der Waals surface area contributed by atoms with E-state index in [1.54, 1.807) is 0 Å². The van der Waals surface area contributed by atoms with Gasteiger partial charge in [-0.15, -0.1) is 6.58 Å². The van der Waals surface area contributed by atoms with E-state index in [0.29, 0.717) is 0 Å². The molecular formula is C12H24N2. The van der Waals surface area contributed by atoms with Gasteiger partial charge in [0.05, 0.1) is 0 Å². The lowest BCUT2D eigenvalue weighted by atomic mass is 10.1. The standard InChI is InChI=1S/C12H24N2/c1-3-4-5-6-7-9-14-10-8-13-11-12(14)2/h3,12-13H,1,4-11H2,2H3. The Morgan fingerprint density at radius 3 is 3.00 bits per heavy atom. The molecular weight excluding hydrogens is 172 g/mol. The molecule has 0 aromatic rings. The van der Waals surface area contributed by atoms with Crippen LogP contribution in [0.15, 0.2) is 12.7 Å². The van der Waals surface area contributed by atoms with Crippen molar-refractivity contribution < 1.29 is 0 Å². The predicted molar refractivity (Wildman–Crippen MR) is 62.6 cm³/mol. The summed E-state index contributed by atoms with van der Waals surface area (Å²) in [5.41, 5.74) is 0. The molecule has 2 nitrogen and oxygen atoms in total. The van der Waals surface area contributed by atoms with Crippen LogP contribution in [0.25, 0.3) is 0 Å². The number of hydrogen-bond donors (Lipinski definition) is 1. The molecule has 0 saturated carbocycles. The fourth-order valence-electron chi connectivity index (χ4n) is 2.00. The van der Waals surface area contributed by atoms with Crippen LogP contribution in [0, 0.1) is 0 Å². The van der Waals surface area contributed by atoms with Crippen molar-refractivity contribution in [2.45, 2.75) is 38.6 Å². The average molecular weight is 196 g/mol. The molecule has 82 valence electrons. The largest absolute Gasteiger partial charge is 0.314 e. The van der Waals surface area contributed by atoms with Crippen LogP contribution in [0.1, 0.15) is 32.6 Å². The number of piperazine rings is 1. The zero-order valence-electron chi connectivity index (χ0n) is 9.47. The van der Waals surface area contributed by atoms with Gasteiger partial charge in [-0.25, -0.2) is 0 Å². The highest BCUT2D eigenvalue weighted by atomic mass is 15.2. The van der Waals surface area contributed by atoms with E-state index in [1.807, 2.05) is 6.08 Å². The summed E-state index contributed by atoms with van der Waals surface area (Å²) in [6.07, 6.45) is 7.20. The molecule has 0 aromatic carbocycles. The SMILES string of the molecule is C=CCCCCCN1CCNCC1C. The van der Waals surface area contributed by atoms with Crippen molar-refractivity contribution in [3.63, 3.8) is 0 Å². The molecule has 1 heterocycles. The zero-order chi connectivity index (χ0) is 10.2. The minimum Gasteiger partial charge on any atom is -0.314 e. The second-order valence-corrected chi connectivity index (χ2v) is 4.23. The monoisotopic (exact) mass is 196 g/mol. The molecule has 14 heavy (non-hydrogen) atoms. The van der Waals surface area contributed by atoms with Crippen molar-refractivity contribution in [2.24, 2.45) is 0 Å². The molecule has 1 fully saturated rings. The van der Waals surface area contributed by atoms with E-state index in [-0.39, 0.29) is 0 Å². The molecule has 0 spiro atoms. The Morgan fingerprint density at radius 1 is 1.43 bits per heavy atom. The normalized spacial score (nSPS) is 23.6. The van der Waals surface area contributed by atoms with Crippen LogP contribution in [0.3, 0.4) is 0 Å². The molecule has 1 rings (SSSR count). The van der Waals surface area contributed by atoms with Crippen LogP contribution < -0.4 is 5.32 Å². The molecule has 1 N–H and O–H groups in total. The van der Waals surface area contributed by atoms with E-state index in [4.69, 9.17) is 0 Å². The van der Waals surface area contributed by atoms with E-state index >= 15 is 0 Å². The second kappa shape index (κ2) is 7.02. The van der Waals surface area contributed by atoms with Gasteiger partial charge < -0.3 is 5.32 Å². The Bertz CT molecular complexity index is 156. The summed E-state index contributed by atoms with van der Waals surface area (Å²) < 4.78 is 0. The second-order valence-electron chi connectivity index (χ2n) is 4.23. The van der Waals surface area contributed by atoms with Crippen molar-refractivity contribution in [1.29, 1.82) is 0 Å². The summed E-state index contributed by atoms with van der Waals surface area (Å²) in [4.78, 5) is 2.60. The predicted octanol–water partition coefficient (Wildman–Crippen LogP) is 2.03. The first-order valence-corrected chi connectivity index (χ1v) is 5.90. The maximum Gasteiger partial charge on any atom is 0.0192 e. The fourth-order valence-corrected chi connectivity index (χ4v) is 2.00. The molecule has 0 amide bonds. The third-order valence-corrected chi connectivity index (χ3v) is 2.99. The van der Waals surface area contributed by atoms with Crippen LogP contribution >= 0.6 is 0 Å². The van der Waals surface area contributed by atoms with Crippen LogP contribution in [-0.4, -0.2) is 37.1 Å². The maximum atomic E-state index is 3.74. The van der Waals surface area contributed by atoms with E-state index in [0.717, 1.165) is 19.1 Å².